The molecule has 0 bridgehead atoms. The van der Waals surface area contributed by atoms with E-state index in [1.165, 1.54) is 17.8 Å². The molecule has 0 spiro atoms. The number of aromatic nitrogens is 2. The molecule has 0 aliphatic carbocycles. The lowest BCUT2D eigenvalue weighted by Gasteiger charge is -2.33. The summed E-state index contributed by atoms with van der Waals surface area (Å²) >= 11 is 1.43. The van der Waals surface area contributed by atoms with Gasteiger partial charge >= 0.3 is 0 Å². The molecular weight excluding hydrogens is 339 g/mol. The molecule has 134 valence electrons. The number of likely N-dealkylation sites (tertiary alicyclic amines) is 1. The topological polar surface area (TPSA) is 50.2 Å². The van der Waals surface area contributed by atoms with E-state index in [0.717, 1.165) is 31.1 Å². The number of amides is 1. The highest BCUT2D eigenvalue weighted by molar-refractivity contribution is 7.99. The van der Waals surface area contributed by atoms with Gasteiger partial charge in [0.2, 0.25) is 5.91 Å². The minimum atomic E-state index is -0.167. The third kappa shape index (κ3) is 5.06. The summed E-state index contributed by atoms with van der Waals surface area (Å²) in [7, 11) is 1.91. The van der Waals surface area contributed by atoms with Gasteiger partial charge in [-0.25, -0.2) is 9.37 Å². The van der Waals surface area contributed by atoms with Crippen LogP contribution in [0.5, 0.6) is 0 Å². The predicted molar refractivity (Wildman–Crippen MR) is 96.8 cm³/mol. The minimum Gasteiger partial charge on any atom is -0.351 e. The van der Waals surface area contributed by atoms with Crippen LogP contribution < -0.4 is 5.32 Å². The average Bonchev–Trinajstić information content (AvgIpc) is 3.01. The second-order valence-electron chi connectivity index (χ2n) is 6.34. The summed E-state index contributed by atoms with van der Waals surface area (Å²) in [6.45, 7) is 2.27. The van der Waals surface area contributed by atoms with Crippen LogP contribution in [0.3, 0.4) is 0 Å². The Balaban J connectivity index is 1.47. The normalized spacial score (nSPS) is 18.2. The zero-order valence-electron chi connectivity index (χ0n) is 14.3. The fraction of sp³-hybridized carbons (Fsp3) is 0.444. The van der Waals surface area contributed by atoms with Crippen LogP contribution in [0.15, 0.2) is 41.8 Å². The van der Waals surface area contributed by atoms with E-state index in [4.69, 9.17) is 0 Å². The smallest absolute Gasteiger partial charge is 0.230 e. The van der Waals surface area contributed by atoms with Crippen molar-refractivity contribution in [3.8, 4) is 0 Å². The largest absolute Gasteiger partial charge is 0.351 e. The van der Waals surface area contributed by atoms with Gasteiger partial charge in [-0.2, -0.15) is 0 Å². The van der Waals surface area contributed by atoms with E-state index >= 15 is 0 Å². The standard InChI is InChI=1S/C18H23FN4OS/c1-22-10-8-20-18(22)25-13-17(24)21-15-6-4-9-23(12-15)11-14-5-2-3-7-16(14)19/h2-3,5,7-8,10,15H,4,6,9,11-13H2,1H3,(H,21,24). The number of benzene rings is 1. The van der Waals surface area contributed by atoms with Crippen LogP contribution >= 0.6 is 11.8 Å². The second-order valence-corrected chi connectivity index (χ2v) is 7.29. The number of thioether (sulfide) groups is 1. The molecule has 1 atom stereocenters. The molecule has 2 heterocycles. The lowest BCUT2D eigenvalue weighted by Crippen LogP contribution is -2.47. The minimum absolute atomic E-state index is 0.0192. The SMILES string of the molecule is Cn1ccnc1SCC(=O)NC1CCCN(Cc2ccccc2F)C1. The first-order valence-corrected chi connectivity index (χ1v) is 9.45. The summed E-state index contributed by atoms with van der Waals surface area (Å²) in [6, 6.07) is 7.00. The maximum Gasteiger partial charge on any atom is 0.230 e. The van der Waals surface area contributed by atoms with Crippen molar-refractivity contribution in [1.29, 1.82) is 0 Å². The van der Waals surface area contributed by atoms with E-state index in [9.17, 15) is 9.18 Å². The van der Waals surface area contributed by atoms with Crippen LogP contribution in [0, 0.1) is 5.82 Å². The average molecular weight is 362 g/mol. The molecule has 1 N–H and O–H groups in total. The number of rotatable bonds is 6. The highest BCUT2D eigenvalue weighted by atomic mass is 32.2. The van der Waals surface area contributed by atoms with Crippen molar-refractivity contribution in [3.63, 3.8) is 0 Å². The zero-order valence-corrected chi connectivity index (χ0v) is 15.1. The maximum atomic E-state index is 13.8. The van der Waals surface area contributed by atoms with Gasteiger partial charge in [0.1, 0.15) is 5.82 Å². The monoisotopic (exact) mass is 362 g/mol. The van der Waals surface area contributed by atoms with Gasteiger partial charge in [-0.3, -0.25) is 9.69 Å². The molecule has 5 nitrogen and oxygen atoms in total. The molecule has 7 heteroatoms. The van der Waals surface area contributed by atoms with Crippen LogP contribution in [0.2, 0.25) is 0 Å². The number of piperidine rings is 1. The van der Waals surface area contributed by atoms with Gasteiger partial charge in [0, 0.05) is 44.1 Å². The molecule has 2 aromatic rings. The third-order valence-corrected chi connectivity index (χ3v) is 5.39. The number of halogens is 1. The summed E-state index contributed by atoms with van der Waals surface area (Å²) < 4.78 is 15.7. The summed E-state index contributed by atoms with van der Waals surface area (Å²) in [6.07, 6.45) is 5.56. The van der Waals surface area contributed by atoms with E-state index in [-0.39, 0.29) is 17.8 Å². The highest BCUT2D eigenvalue weighted by Crippen LogP contribution is 2.17. The molecule has 0 radical (unpaired) electrons. The molecule has 1 aliphatic heterocycles. The molecule has 1 aromatic carbocycles. The molecule has 1 unspecified atom stereocenters. The fourth-order valence-electron chi connectivity index (χ4n) is 3.07. The third-order valence-electron chi connectivity index (χ3n) is 4.33. The van der Waals surface area contributed by atoms with Gasteiger partial charge in [-0.15, -0.1) is 0 Å². The van der Waals surface area contributed by atoms with Crippen molar-refractivity contribution in [2.45, 2.75) is 30.6 Å². The van der Waals surface area contributed by atoms with Gasteiger partial charge in [0.05, 0.1) is 5.75 Å². The second kappa shape index (κ2) is 8.49. The lowest BCUT2D eigenvalue weighted by molar-refractivity contribution is -0.119. The number of nitrogens with zero attached hydrogens (tertiary/aromatic N) is 3. The summed E-state index contributed by atoms with van der Waals surface area (Å²) in [5.74, 6) is 0.208. The van der Waals surface area contributed by atoms with Crippen molar-refractivity contribution < 1.29 is 9.18 Å². The van der Waals surface area contributed by atoms with Gasteiger partial charge in [-0.05, 0) is 25.5 Å². The summed E-state index contributed by atoms with van der Waals surface area (Å²) in [5.41, 5.74) is 0.708. The molecule has 1 aromatic heterocycles. The number of hydrogen-bond acceptors (Lipinski definition) is 4. The molecule has 3 rings (SSSR count). The summed E-state index contributed by atoms with van der Waals surface area (Å²) in [5, 5.41) is 3.93. The Kier molecular flexibility index (Phi) is 6.09. The van der Waals surface area contributed by atoms with Crippen LogP contribution in [-0.4, -0.2) is 45.2 Å². The molecule has 25 heavy (non-hydrogen) atoms. The van der Waals surface area contributed by atoms with Crippen molar-refractivity contribution in [3.05, 3.63) is 48.0 Å². The Morgan fingerprint density at radius 2 is 2.28 bits per heavy atom. The first-order valence-electron chi connectivity index (χ1n) is 8.47. The van der Waals surface area contributed by atoms with E-state index < -0.39 is 0 Å². The predicted octanol–water partition coefficient (Wildman–Crippen LogP) is 2.43. The number of carbonyl (C=O) groups excluding carboxylic acids is 1. The fourth-order valence-corrected chi connectivity index (χ4v) is 3.82. The highest BCUT2D eigenvalue weighted by Gasteiger charge is 2.22. The van der Waals surface area contributed by atoms with Crippen molar-refractivity contribution in [2.24, 2.45) is 7.05 Å². The van der Waals surface area contributed by atoms with E-state index in [2.05, 4.69) is 15.2 Å². The first kappa shape index (κ1) is 17.9. The molecule has 1 saturated heterocycles. The van der Waals surface area contributed by atoms with E-state index in [1.807, 2.05) is 29.9 Å². The Morgan fingerprint density at radius 1 is 1.44 bits per heavy atom. The number of carbonyl (C=O) groups is 1. The van der Waals surface area contributed by atoms with Crippen molar-refractivity contribution in [2.75, 3.05) is 18.8 Å². The van der Waals surface area contributed by atoms with Crippen LogP contribution in [0.4, 0.5) is 4.39 Å². The van der Waals surface area contributed by atoms with E-state index in [0.29, 0.717) is 17.9 Å². The van der Waals surface area contributed by atoms with Crippen molar-refractivity contribution in [1.82, 2.24) is 19.8 Å². The van der Waals surface area contributed by atoms with Gasteiger partial charge in [0.25, 0.3) is 0 Å². The lowest BCUT2D eigenvalue weighted by atomic mass is 10.0. The van der Waals surface area contributed by atoms with Gasteiger partial charge < -0.3 is 9.88 Å². The summed E-state index contributed by atoms with van der Waals surface area (Å²) in [4.78, 5) is 18.6. The van der Waals surface area contributed by atoms with Gasteiger partial charge in [-0.1, -0.05) is 30.0 Å². The Morgan fingerprint density at radius 3 is 3.04 bits per heavy atom. The molecule has 1 fully saturated rings. The Hall–Kier alpha value is -1.86. The van der Waals surface area contributed by atoms with Crippen molar-refractivity contribution >= 4 is 17.7 Å². The molecular formula is C18H23FN4OS. The van der Waals surface area contributed by atoms with Gasteiger partial charge in [0.15, 0.2) is 5.16 Å². The molecule has 1 amide bonds. The van der Waals surface area contributed by atoms with Crippen LogP contribution in [0.1, 0.15) is 18.4 Å². The first-order chi connectivity index (χ1) is 12.1. The molecule has 1 aliphatic rings. The number of imidazole rings is 1. The number of hydrogen-bond donors (Lipinski definition) is 1. The Bertz CT molecular complexity index is 721. The zero-order chi connectivity index (χ0) is 17.6. The number of nitrogens with one attached hydrogen (secondary N) is 1. The van der Waals surface area contributed by atoms with Crippen LogP contribution in [0.25, 0.3) is 0 Å². The van der Waals surface area contributed by atoms with Crippen LogP contribution in [-0.2, 0) is 18.4 Å². The molecule has 0 saturated carbocycles. The van der Waals surface area contributed by atoms with E-state index in [1.54, 1.807) is 12.3 Å². The number of aryl methyl sites for hydroxylation is 1. The maximum absolute atomic E-state index is 13.8. The Labute approximate surface area is 151 Å². The quantitative estimate of drug-likeness (QED) is 0.802.